The summed E-state index contributed by atoms with van der Waals surface area (Å²) in [6, 6.07) is 20.4. The first-order chi connectivity index (χ1) is 24.7. The Bertz CT molecular complexity index is 2190. The number of ether oxygens (including phenoxy) is 2. The number of halogens is 5. The summed E-state index contributed by atoms with van der Waals surface area (Å²) in [6.45, 7) is 3.42. The maximum absolute atomic E-state index is 13.3. The average Bonchev–Trinajstić information content (AvgIpc) is 3.64. The molecule has 0 bridgehead atoms. The molecule has 0 saturated carbocycles. The van der Waals surface area contributed by atoms with Crippen LogP contribution >= 0.6 is 12.4 Å². The fourth-order valence-corrected chi connectivity index (χ4v) is 5.71. The highest BCUT2D eigenvalue weighted by Gasteiger charge is 2.44. The molecule has 12 nitrogen and oxygen atoms in total. The van der Waals surface area contributed by atoms with Gasteiger partial charge in [0.2, 0.25) is 17.3 Å². The molecule has 5 aromatic rings. The van der Waals surface area contributed by atoms with Crippen LogP contribution in [0.5, 0.6) is 11.5 Å². The van der Waals surface area contributed by atoms with E-state index in [0.29, 0.717) is 28.2 Å². The van der Waals surface area contributed by atoms with E-state index in [2.05, 4.69) is 10.2 Å². The van der Waals surface area contributed by atoms with Crippen molar-refractivity contribution in [1.82, 2.24) is 25.4 Å². The third-order valence-corrected chi connectivity index (χ3v) is 8.95. The van der Waals surface area contributed by atoms with Gasteiger partial charge in [0.05, 0.1) is 11.1 Å². The topological polar surface area (TPSA) is 153 Å². The molecule has 17 heteroatoms. The van der Waals surface area contributed by atoms with Crippen LogP contribution in [0.4, 0.5) is 17.6 Å². The third kappa shape index (κ3) is 6.97. The van der Waals surface area contributed by atoms with Crippen LogP contribution in [0.15, 0.2) is 89.3 Å². The predicted molar refractivity (Wildman–Crippen MR) is 183 cm³/mol. The number of carbonyl (C=O) groups is 3. The smallest absolute Gasteiger partial charge is 0.314 e. The molecule has 4 aromatic carbocycles. The number of nitrogens with one attached hydrogen (secondary N) is 1. The molecule has 2 unspecified atom stereocenters. The van der Waals surface area contributed by atoms with Gasteiger partial charge in [-0.3, -0.25) is 29.6 Å². The van der Waals surface area contributed by atoms with Crippen LogP contribution in [0.25, 0.3) is 11.5 Å². The number of hydrogen-bond donors (Lipinski definition) is 2. The lowest BCUT2D eigenvalue weighted by Gasteiger charge is -2.43. The van der Waals surface area contributed by atoms with Gasteiger partial charge < -0.3 is 13.9 Å². The van der Waals surface area contributed by atoms with Crippen molar-refractivity contribution in [2.24, 2.45) is 5.84 Å². The van der Waals surface area contributed by atoms with Crippen molar-refractivity contribution in [3.63, 3.8) is 0 Å². The zero-order valence-electron chi connectivity index (χ0n) is 28.4. The van der Waals surface area contributed by atoms with Crippen molar-refractivity contribution in [3.05, 3.63) is 130 Å². The quantitative estimate of drug-likeness (QED) is 0.0906. The summed E-state index contributed by atoms with van der Waals surface area (Å²) in [5.41, 5.74) is 2.07. The van der Waals surface area contributed by atoms with E-state index in [9.17, 15) is 31.9 Å². The Morgan fingerprint density at radius 1 is 0.755 bits per heavy atom. The molecule has 0 saturated heterocycles. The SMILES string of the molecule is CN1C(=O)c2cc(-c3nnc(C(F)F)o3)ccc2OC1(C)c1ccc(F)cc1.CN1C(=O)c2cc(C(=O)NN)ccc2OC1(C)c1ccc(F)cc1.Cl. The van der Waals surface area contributed by atoms with Crippen LogP contribution in [0.3, 0.4) is 0 Å². The number of fused-ring (bicyclic) bond motifs is 2. The number of hydrogen-bond acceptors (Lipinski definition) is 9. The van der Waals surface area contributed by atoms with E-state index in [4.69, 9.17) is 19.7 Å². The summed E-state index contributed by atoms with van der Waals surface area (Å²) in [6.07, 6.45) is -2.88. The molecular weight excluding hydrogens is 724 g/mol. The molecule has 7 rings (SSSR count). The maximum Gasteiger partial charge on any atom is 0.314 e. The molecule has 3 N–H and O–H groups in total. The summed E-state index contributed by atoms with van der Waals surface area (Å²) >= 11 is 0. The van der Waals surface area contributed by atoms with Crippen LogP contribution < -0.4 is 20.7 Å². The lowest BCUT2D eigenvalue weighted by molar-refractivity contribution is -0.0562. The number of nitrogens with two attached hydrogens (primary N) is 1. The molecule has 2 aliphatic rings. The van der Waals surface area contributed by atoms with Gasteiger partial charge in [-0.1, -0.05) is 24.3 Å². The van der Waals surface area contributed by atoms with Crippen molar-refractivity contribution in [3.8, 4) is 23.0 Å². The van der Waals surface area contributed by atoms with E-state index < -0.39 is 35.5 Å². The van der Waals surface area contributed by atoms with Crippen molar-refractivity contribution in [2.75, 3.05) is 14.1 Å². The highest BCUT2D eigenvalue weighted by atomic mass is 35.5. The normalized spacial score (nSPS) is 18.8. The van der Waals surface area contributed by atoms with Crippen LogP contribution in [-0.2, 0) is 11.4 Å². The Labute approximate surface area is 305 Å². The lowest BCUT2D eigenvalue weighted by Crippen LogP contribution is -2.52. The first-order valence-corrected chi connectivity index (χ1v) is 15.5. The van der Waals surface area contributed by atoms with E-state index >= 15 is 0 Å². The van der Waals surface area contributed by atoms with Gasteiger partial charge in [-0.15, -0.1) is 22.6 Å². The standard InChI is InChI=1S/C19H14F3N3O3.C17H16FN3O3.ClH/c1-19(11-4-6-12(20)7-5-11)25(2)18(26)13-9-10(3-8-14(13)28-19)16-23-24-17(27-16)15(21)22;1-17(11-4-6-12(18)7-5-11)21(2)16(23)13-9-10(15(22)20-19)3-8-14(13)24-17;/h3-9,15H,1-2H3;3-9H,19H2,1-2H3,(H,20,22);1H. The maximum atomic E-state index is 13.3. The van der Waals surface area contributed by atoms with E-state index in [1.807, 2.05) is 5.43 Å². The minimum Gasteiger partial charge on any atom is -0.463 e. The number of amides is 3. The number of aromatic nitrogens is 2. The number of nitrogens with zero attached hydrogens (tertiary/aromatic N) is 4. The lowest BCUT2D eigenvalue weighted by atomic mass is 9.98. The highest BCUT2D eigenvalue weighted by molar-refractivity contribution is 6.02. The van der Waals surface area contributed by atoms with Crippen molar-refractivity contribution >= 4 is 30.1 Å². The molecule has 2 atom stereocenters. The molecule has 0 radical (unpaired) electrons. The van der Waals surface area contributed by atoms with Crippen molar-refractivity contribution in [1.29, 1.82) is 0 Å². The Kier molecular flexibility index (Phi) is 10.5. The molecular formula is C36H31ClF4N6O6. The van der Waals surface area contributed by atoms with Crippen molar-refractivity contribution < 1.29 is 45.8 Å². The first kappa shape index (κ1) is 38.2. The largest absolute Gasteiger partial charge is 0.463 e. The molecule has 0 fully saturated rings. The molecule has 3 amide bonds. The molecule has 0 spiro atoms. The Hall–Kier alpha value is -6.00. The van der Waals surface area contributed by atoms with Gasteiger partial charge in [0.1, 0.15) is 23.1 Å². The summed E-state index contributed by atoms with van der Waals surface area (Å²) in [7, 11) is 3.15. The zero-order chi connectivity index (χ0) is 37.5. The number of hydrazine groups is 1. The minimum absolute atomic E-state index is 0. The summed E-state index contributed by atoms with van der Waals surface area (Å²) in [4.78, 5) is 40.1. The average molecular weight is 755 g/mol. The van der Waals surface area contributed by atoms with Gasteiger partial charge in [0.15, 0.2) is 0 Å². The van der Waals surface area contributed by atoms with E-state index in [-0.39, 0.29) is 52.6 Å². The second-order valence-electron chi connectivity index (χ2n) is 12.1. The van der Waals surface area contributed by atoms with E-state index in [1.165, 1.54) is 64.4 Å². The second kappa shape index (κ2) is 14.6. The van der Waals surface area contributed by atoms with Gasteiger partial charge in [-0.2, -0.15) is 8.78 Å². The second-order valence-corrected chi connectivity index (χ2v) is 12.1. The Morgan fingerprint density at radius 2 is 1.23 bits per heavy atom. The molecule has 0 aliphatic carbocycles. The Morgan fingerprint density at radius 3 is 1.68 bits per heavy atom. The number of rotatable bonds is 5. The van der Waals surface area contributed by atoms with E-state index in [0.717, 1.165) is 0 Å². The van der Waals surface area contributed by atoms with Gasteiger partial charge >= 0.3 is 6.43 Å². The predicted octanol–water partition coefficient (Wildman–Crippen LogP) is 6.34. The molecule has 276 valence electrons. The van der Waals surface area contributed by atoms with Gasteiger partial charge in [0, 0.05) is 36.3 Å². The zero-order valence-corrected chi connectivity index (χ0v) is 29.2. The fraction of sp³-hybridized carbons (Fsp3) is 0.194. The molecule has 2 aliphatic heterocycles. The molecule has 53 heavy (non-hydrogen) atoms. The Balaban J connectivity index is 0.000000203. The van der Waals surface area contributed by atoms with Gasteiger partial charge in [-0.25, -0.2) is 14.6 Å². The molecule has 1 aromatic heterocycles. The fourth-order valence-electron chi connectivity index (χ4n) is 5.71. The summed E-state index contributed by atoms with van der Waals surface area (Å²) < 4.78 is 68.8. The third-order valence-electron chi connectivity index (χ3n) is 8.95. The number of nitrogen functional groups attached to an aromatic ring is 1. The monoisotopic (exact) mass is 754 g/mol. The van der Waals surface area contributed by atoms with Crippen LogP contribution in [0.2, 0.25) is 0 Å². The first-order valence-electron chi connectivity index (χ1n) is 15.5. The van der Waals surface area contributed by atoms with Crippen molar-refractivity contribution in [2.45, 2.75) is 31.7 Å². The van der Waals surface area contributed by atoms with Crippen LogP contribution in [0.1, 0.15) is 68.4 Å². The van der Waals surface area contributed by atoms with E-state index in [1.54, 1.807) is 58.3 Å². The van der Waals surface area contributed by atoms with Gasteiger partial charge in [0.25, 0.3) is 23.6 Å². The molecule has 3 heterocycles. The summed E-state index contributed by atoms with van der Waals surface area (Å²) in [5.74, 6) is 2.90. The van der Waals surface area contributed by atoms with Crippen LogP contribution in [0, 0.1) is 11.6 Å². The summed E-state index contributed by atoms with van der Waals surface area (Å²) in [5, 5.41) is 6.87. The number of benzene rings is 4. The highest BCUT2D eigenvalue weighted by Crippen LogP contribution is 2.41. The van der Waals surface area contributed by atoms with Crippen LogP contribution in [-0.4, -0.2) is 51.8 Å². The van der Waals surface area contributed by atoms with Gasteiger partial charge in [-0.05, 0) is 74.5 Å². The number of carbonyl (C=O) groups excluding carboxylic acids is 3. The minimum atomic E-state index is -2.88. The number of alkyl halides is 2.